The number of rotatable bonds is 3. The minimum absolute atomic E-state index is 0. The van der Waals surface area contributed by atoms with E-state index in [1.54, 1.807) is 0 Å². The van der Waals surface area contributed by atoms with E-state index in [1.807, 2.05) is 21.6 Å². The summed E-state index contributed by atoms with van der Waals surface area (Å²) in [5.41, 5.74) is 0. The first-order chi connectivity index (χ1) is 7.13. The van der Waals surface area contributed by atoms with Gasteiger partial charge in [0.15, 0.2) is 0 Å². The minimum atomic E-state index is -0.368. The van der Waals surface area contributed by atoms with E-state index < -0.39 is 0 Å². The van der Waals surface area contributed by atoms with E-state index in [9.17, 15) is 9.59 Å². The van der Waals surface area contributed by atoms with Crippen molar-refractivity contribution in [3.8, 4) is 0 Å². The van der Waals surface area contributed by atoms with E-state index in [-0.39, 0.29) is 84.3 Å². The van der Waals surface area contributed by atoms with Gasteiger partial charge in [0, 0.05) is 19.6 Å². The number of ether oxygens (including phenoxy) is 2. The average molecular weight is 298 g/mol. The van der Waals surface area contributed by atoms with Crippen LogP contribution in [-0.2, 0) is 19.1 Å². The zero-order valence-electron chi connectivity index (χ0n) is 8.73. The predicted octanol–water partition coefficient (Wildman–Crippen LogP) is 0.711. The Labute approximate surface area is 154 Å². The topological polar surface area (TPSA) is 52.6 Å². The van der Waals surface area contributed by atoms with Gasteiger partial charge >= 0.3 is 71.1 Å². The van der Waals surface area contributed by atoms with Crippen molar-refractivity contribution in [3.63, 3.8) is 0 Å². The molecule has 8 heteroatoms. The summed E-state index contributed by atoms with van der Waals surface area (Å²) in [5, 5.41) is 2.12. The van der Waals surface area contributed by atoms with E-state index in [1.165, 1.54) is 19.6 Å². The summed E-state index contributed by atoms with van der Waals surface area (Å²) in [6.45, 7) is 2.87. The van der Waals surface area contributed by atoms with E-state index in [0.717, 1.165) is 0 Å². The average Bonchev–Trinajstić information content (AvgIpc) is 2.69. The predicted molar refractivity (Wildman–Crippen MR) is 76.8 cm³/mol. The first-order valence-corrected chi connectivity index (χ1v) is 6.71. The van der Waals surface area contributed by atoms with Gasteiger partial charge in [-0.1, -0.05) is 27.7 Å². The zero-order valence-corrected chi connectivity index (χ0v) is 10.4. The first-order valence-electron chi connectivity index (χ1n) is 4.33. The molecule has 4 nitrogen and oxygen atoms in total. The Kier molecular flexibility index (Phi) is 24.0. The van der Waals surface area contributed by atoms with Gasteiger partial charge in [-0.2, -0.15) is 0 Å². The van der Waals surface area contributed by atoms with Crippen molar-refractivity contribution in [2.45, 2.75) is 13.8 Å². The Hall–Kier alpha value is 1.38. The molecule has 0 aromatic rings. The summed E-state index contributed by atoms with van der Waals surface area (Å²) in [6.07, 6.45) is 2.16. The third kappa shape index (κ3) is 23.0. The van der Waals surface area contributed by atoms with Crippen LogP contribution in [0.5, 0.6) is 0 Å². The van der Waals surface area contributed by atoms with Crippen molar-refractivity contribution < 1.29 is 19.1 Å². The van der Waals surface area contributed by atoms with Gasteiger partial charge in [0.05, 0.1) is 0 Å². The Bertz CT molecular complexity index is 215. The summed E-state index contributed by atoms with van der Waals surface area (Å²) in [6, 6.07) is 0. The summed E-state index contributed by atoms with van der Waals surface area (Å²) in [4.78, 5) is 20.3. The van der Waals surface area contributed by atoms with Crippen LogP contribution in [-0.4, -0.2) is 90.0 Å². The Morgan fingerprint density at radius 2 is 1.59 bits per heavy atom. The Morgan fingerprint density at radius 3 is 1.76 bits per heavy atom. The standard InChI is InChI=1S/C6H10O4.C3H4S2.2Na.2H/c1-5(7)9-3-4-10-6(2)8;1-2-4-5-3-1;;;;/h3-4H2,1-2H3;1-2H,3H2;;;;. The number of esters is 2. The molecule has 1 aliphatic rings. The molecule has 90 valence electrons. The molecule has 0 unspecified atom stereocenters. The maximum atomic E-state index is 10.1. The molecule has 0 aliphatic carbocycles. The second-order valence-corrected chi connectivity index (χ2v) is 4.75. The molecule has 0 aromatic heterocycles. The molecule has 0 saturated heterocycles. The van der Waals surface area contributed by atoms with Crippen LogP contribution in [0, 0.1) is 0 Å². The molecular weight excluding hydrogens is 282 g/mol. The first kappa shape index (κ1) is 23.5. The van der Waals surface area contributed by atoms with Gasteiger partial charge in [-0.3, -0.25) is 9.59 Å². The van der Waals surface area contributed by atoms with Crippen LogP contribution in [0.1, 0.15) is 13.8 Å². The molecular formula is C9H16Na2O4S2. The van der Waals surface area contributed by atoms with Crippen molar-refractivity contribution in [2.75, 3.05) is 19.0 Å². The molecule has 0 saturated carbocycles. The fourth-order valence-electron chi connectivity index (χ4n) is 0.567. The number of carbonyl (C=O) groups excluding carboxylic acids is 2. The second kappa shape index (κ2) is 17.4. The van der Waals surface area contributed by atoms with Gasteiger partial charge < -0.3 is 9.47 Å². The van der Waals surface area contributed by atoms with Crippen LogP contribution < -0.4 is 0 Å². The van der Waals surface area contributed by atoms with E-state index in [0.29, 0.717) is 0 Å². The van der Waals surface area contributed by atoms with E-state index in [4.69, 9.17) is 0 Å². The third-order valence-electron chi connectivity index (χ3n) is 1.08. The molecule has 0 N–H and O–H groups in total. The van der Waals surface area contributed by atoms with Crippen LogP contribution in [0.2, 0.25) is 0 Å². The normalized spacial score (nSPS) is 11.2. The molecule has 0 fully saturated rings. The van der Waals surface area contributed by atoms with Crippen molar-refractivity contribution in [2.24, 2.45) is 0 Å². The molecule has 0 radical (unpaired) electrons. The van der Waals surface area contributed by atoms with E-state index >= 15 is 0 Å². The monoisotopic (exact) mass is 298 g/mol. The van der Waals surface area contributed by atoms with Crippen LogP contribution >= 0.6 is 21.6 Å². The van der Waals surface area contributed by atoms with Crippen LogP contribution in [0.3, 0.4) is 0 Å². The Morgan fingerprint density at radius 1 is 1.12 bits per heavy atom. The summed E-state index contributed by atoms with van der Waals surface area (Å²) in [7, 11) is 3.69. The molecule has 17 heavy (non-hydrogen) atoms. The van der Waals surface area contributed by atoms with Crippen LogP contribution in [0.15, 0.2) is 11.5 Å². The van der Waals surface area contributed by atoms with Gasteiger partial charge in [-0.05, 0) is 5.41 Å². The molecule has 1 aliphatic heterocycles. The SMILES string of the molecule is C1=CSSC1.CC(=O)OCCOC(C)=O.[NaH].[NaH]. The van der Waals surface area contributed by atoms with E-state index in [2.05, 4.69) is 21.0 Å². The van der Waals surface area contributed by atoms with Gasteiger partial charge in [0.25, 0.3) is 0 Å². The second-order valence-electron chi connectivity index (χ2n) is 2.43. The van der Waals surface area contributed by atoms with Gasteiger partial charge in [-0.25, -0.2) is 0 Å². The van der Waals surface area contributed by atoms with Crippen molar-refractivity contribution in [1.29, 1.82) is 0 Å². The maximum absolute atomic E-state index is 10.1. The molecule has 0 aromatic carbocycles. The van der Waals surface area contributed by atoms with Crippen molar-refractivity contribution >= 4 is 92.6 Å². The number of hydrogen-bond donors (Lipinski definition) is 0. The third-order valence-corrected chi connectivity index (χ3v) is 3.00. The van der Waals surface area contributed by atoms with Crippen LogP contribution in [0.4, 0.5) is 0 Å². The van der Waals surface area contributed by atoms with Gasteiger partial charge in [0.1, 0.15) is 13.2 Å². The molecule has 0 spiro atoms. The van der Waals surface area contributed by atoms with Gasteiger partial charge in [0.2, 0.25) is 0 Å². The number of hydrogen-bond acceptors (Lipinski definition) is 6. The summed E-state index contributed by atoms with van der Waals surface area (Å²) < 4.78 is 8.95. The summed E-state index contributed by atoms with van der Waals surface area (Å²) >= 11 is 0. The molecule has 0 amide bonds. The molecule has 0 bridgehead atoms. The Balaban J connectivity index is -0.000000238. The quantitative estimate of drug-likeness (QED) is 0.331. The number of carbonyl (C=O) groups is 2. The fourth-order valence-corrected chi connectivity index (χ4v) is 2.14. The molecule has 1 rings (SSSR count). The zero-order chi connectivity index (χ0) is 11.5. The fraction of sp³-hybridized carbons (Fsp3) is 0.556. The summed E-state index contributed by atoms with van der Waals surface area (Å²) in [5.74, 6) is 0.462. The van der Waals surface area contributed by atoms with Crippen molar-refractivity contribution in [3.05, 3.63) is 11.5 Å². The molecule has 0 atom stereocenters. The molecule has 1 heterocycles. The van der Waals surface area contributed by atoms with Crippen molar-refractivity contribution in [1.82, 2.24) is 0 Å². The van der Waals surface area contributed by atoms with Crippen LogP contribution in [0.25, 0.3) is 0 Å². The van der Waals surface area contributed by atoms with Gasteiger partial charge in [-0.15, -0.1) is 0 Å².